The number of alkyl halides is 7. The summed E-state index contributed by atoms with van der Waals surface area (Å²) in [5.74, 6) is -2.07. The summed E-state index contributed by atoms with van der Waals surface area (Å²) in [5, 5.41) is 0. The molecule has 86 valence electrons. The third-order valence-electron chi connectivity index (χ3n) is 0.756. The molecule has 0 radical (unpaired) electrons. The first-order valence-electron chi connectivity index (χ1n) is 3.11. The van der Waals surface area contributed by atoms with E-state index in [1.165, 1.54) is 0 Å². The highest BCUT2D eigenvalue weighted by atomic mass is 35.5. The first kappa shape index (κ1) is 13.8. The molecule has 0 aromatic carbocycles. The van der Waals surface area contributed by atoms with E-state index in [2.05, 4.69) is 9.47 Å². The van der Waals surface area contributed by atoms with E-state index >= 15 is 0 Å². The Hall–Kier alpha value is -0.210. The lowest BCUT2D eigenvalue weighted by Crippen LogP contribution is -2.26. The number of hydrogen-bond acceptors (Lipinski definition) is 2. The highest BCUT2D eigenvalue weighted by molar-refractivity contribution is 6.18. The Bertz CT molecular complexity index is 149. The fourth-order valence-corrected chi connectivity index (χ4v) is 0.494. The van der Waals surface area contributed by atoms with Crippen molar-refractivity contribution < 1.29 is 35.8 Å². The molecule has 14 heavy (non-hydrogen) atoms. The molecule has 2 nitrogen and oxygen atoms in total. The van der Waals surface area contributed by atoms with Crippen molar-refractivity contribution in [2.45, 2.75) is 18.1 Å². The molecule has 0 heterocycles. The van der Waals surface area contributed by atoms with Gasteiger partial charge in [0.05, 0.1) is 0 Å². The van der Waals surface area contributed by atoms with Crippen molar-refractivity contribution in [3.05, 3.63) is 0 Å². The molecule has 0 spiro atoms. The van der Waals surface area contributed by atoms with Crippen LogP contribution in [-0.4, -0.2) is 31.3 Å². The van der Waals surface area contributed by atoms with Crippen LogP contribution >= 0.6 is 11.6 Å². The highest BCUT2D eigenvalue weighted by Gasteiger charge is 2.32. The topological polar surface area (TPSA) is 18.5 Å². The average molecular weight is 247 g/mol. The summed E-state index contributed by atoms with van der Waals surface area (Å²) in [6.45, 7) is -3.53. The maximum atomic E-state index is 11.4. The third-order valence-corrected chi connectivity index (χ3v) is 1.01. The van der Waals surface area contributed by atoms with E-state index in [1.807, 2.05) is 0 Å². The summed E-state index contributed by atoms with van der Waals surface area (Å²) >= 11 is 4.85. The Balaban J connectivity index is 3.62. The molecule has 0 aliphatic heterocycles. The second-order valence-corrected chi connectivity index (χ2v) is 2.48. The minimum absolute atomic E-state index is 1.76. The normalized spacial score (nSPS) is 13.7. The summed E-state index contributed by atoms with van der Waals surface area (Å²) in [4.78, 5) is 0. The van der Waals surface area contributed by atoms with Crippen LogP contribution in [0, 0.1) is 0 Å². The van der Waals surface area contributed by atoms with Gasteiger partial charge in [-0.2, -0.15) is 26.3 Å². The molecule has 0 aliphatic rings. The van der Waals surface area contributed by atoms with Gasteiger partial charge in [-0.15, -0.1) is 0 Å². The highest BCUT2D eigenvalue weighted by Crippen LogP contribution is 2.19. The van der Waals surface area contributed by atoms with Crippen molar-refractivity contribution in [3.8, 4) is 0 Å². The number of hydrogen-bond donors (Lipinski definition) is 0. The summed E-state index contributed by atoms with van der Waals surface area (Å²) in [7, 11) is 0. The first-order valence-corrected chi connectivity index (χ1v) is 3.54. The lowest BCUT2D eigenvalue weighted by atomic mass is 10.7. The maximum absolute atomic E-state index is 11.4. The second kappa shape index (κ2) is 5.04. The lowest BCUT2D eigenvalue weighted by molar-refractivity contribution is -0.236. The van der Waals surface area contributed by atoms with Gasteiger partial charge in [-0.1, -0.05) is 11.6 Å². The van der Waals surface area contributed by atoms with Crippen molar-refractivity contribution in [2.75, 3.05) is 13.2 Å². The van der Waals surface area contributed by atoms with Crippen LogP contribution in [0.25, 0.3) is 0 Å². The van der Waals surface area contributed by atoms with Crippen molar-refractivity contribution in [1.29, 1.82) is 0 Å². The van der Waals surface area contributed by atoms with E-state index < -0.39 is 31.3 Å². The summed E-state index contributed by atoms with van der Waals surface area (Å²) in [5.41, 5.74) is 0. The van der Waals surface area contributed by atoms with E-state index in [0.29, 0.717) is 0 Å². The van der Waals surface area contributed by atoms with Crippen molar-refractivity contribution in [3.63, 3.8) is 0 Å². The van der Waals surface area contributed by atoms with Gasteiger partial charge in [0.15, 0.2) is 0 Å². The van der Waals surface area contributed by atoms with Crippen LogP contribution in [0.1, 0.15) is 0 Å². The van der Waals surface area contributed by atoms with E-state index in [-0.39, 0.29) is 0 Å². The van der Waals surface area contributed by atoms with Crippen LogP contribution in [0.2, 0.25) is 0 Å². The minimum atomic E-state index is -4.66. The molecule has 0 saturated heterocycles. The summed E-state index contributed by atoms with van der Waals surface area (Å²) in [6.07, 6.45) is -9.32. The van der Waals surface area contributed by atoms with Gasteiger partial charge in [0.25, 0.3) is 0 Å². The Morgan fingerprint density at radius 3 is 1.36 bits per heavy atom. The smallest absolute Gasteiger partial charge is 0.330 e. The summed E-state index contributed by atoms with van der Waals surface area (Å²) in [6, 6.07) is 0. The maximum Gasteiger partial charge on any atom is 0.411 e. The molecule has 0 amide bonds. The van der Waals surface area contributed by atoms with E-state index in [4.69, 9.17) is 11.6 Å². The standard InChI is InChI=1S/C5H5ClF6O2/c6-3(13-1-4(7,8)9)14-2-5(10,11)12/h3H,1-2H2. The predicted octanol–water partition coefficient (Wildman–Crippen LogP) is 2.67. The van der Waals surface area contributed by atoms with Crippen LogP contribution in [0.15, 0.2) is 0 Å². The zero-order valence-electron chi connectivity index (χ0n) is 6.45. The molecule has 0 aromatic heterocycles. The molecular weight excluding hydrogens is 241 g/mol. The molecule has 0 aromatic rings. The van der Waals surface area contributed by atoms with Crippen LogP contribution in [0.4, 0.5) is 26.3 Å². The lowest BCUT2D eigenvalue weighted by Gasteiger charge is -2.14. The van der Waals surface area contributed by atoms with Crippen LogP contribution in [-0.2, 0) is 9.47 Å². The Morgan fingerprint density at radius 1 is 0.857 bits per heavy atom. The minimum Gasteiger partial charge on any atom is -0.330 e. The van der Waals surface area contributed by atoms with Gasteiger partial charge in [-0.05, 0) is 0 Å². The summed E-state index contributed by atoms with van der Waals surface area (Å²) < 4.78 is 76.0. The van der Waals surface area contributed by atoms with Crippen LogP contribution in [0.3, 0.4) is 0 Å². The average Bonchev–Trinajstić information content (AvgIpc) is 1.94. The zero-order valence-corrected chi connectivity index (χ0v) is 7.21. The van der Waals surface area contributed by atoms with E-state index in [9.17, 15) is 26.3 Å². The number of halogens is 7. The van der Waals surface area contributed by atoms with Gasteiger partial charge in [0, 0.05) is 0 Å². The van der Waals surface area contributed by atoms with Crippen LogP contribution in [0.5, 0.6) is 0 Å². The number of rotatable bonds is 4. The first-order chi connectivity index (χ1) is 6.10. The van der Waals surface area contributed by atoms with E-state index in [1.54, 1.807) is 0 Å². The Kier molecular flexibility index (Phi) is 4.96. The molecule has 0 atom stereocenters. The molecule has 0 rings (SSSR count). The van der Waals surface area contributed by atoms with Gasteiger partial charge in [-0.25, -0.2) is 0 Å². The largest absolute Gasteiger partial charge is 0.411 e. The van der Waals surface area contributed by atoms with Crippen LogP contribution < -0.4 is 0 Å². The number of ether oxygens (including phenoxy) is 2. The molecule has 0 bridgehead atoms. The van der Waals surface area contributed by atoms with Gasteiger partial charge < -0.3 is 9.47 Å². The zero-order chi connectivity index (χ0) is 11.4. The SMILES string of the molecule is FC(F)(F)COC(Cl)OCC(F)(F)F. The van der Waals surface area contributed by atoms with E-state index in [0.717, 1.165) is 0 Å². The molecule has 0 aliphatic carbocycles. The third kappa shape index (κ3) is 9.87. The van der Waals surface area contributed by atoms with Crippen molar-refractivity contribution in [1.82, 2.24) is 0 Å². The van der Waals surface area contributed by atoms with Gasteiger partial charge in [-0.3, -0.25) is 0 Å². The quantitative estimate of drug-likeness (QED) is 0.431. The fraction of sp³-hybridized carbons (Fsp3) is 1.00. The molecule has 9 heteroatoms. The van der Waals surface area contributed by atoms with Crippen molar-refractivity contribution >= 4 is 11.6 Å². The predicted molar refractivity (Wildman–Crippen MR) is 33.7 cm³/mol. The van der Waals surface area contributed by atoms with Crippen molar-refractivity contribution in [2.24, 2.45) is 0 Å². The Morgan fingerprint density at radius 2 is 1.14 bits per heavy atom. The Labute approximate surface area is 79.7 Å². The monoisotopic (exact) mass is 246 g/mol. The fourth-order valence-electron chi connectivity index (χ4n) is 0.368. The van der Waals surface area contributed by atoms with Gasteiger partial charge in [0.1, 0.15) is 13.2 Å². The molecule has 0 fully saturated rings. The second-order valence-electron chi connectivity index (χ2n) is 2.13. The molecule has 0 N–H and O–H groups in total. The van der Waals surface area contributed by atoms with Gasteiger partial charge in [0.2, 0.25) is 5.75 Å². The molecular formula is C5H5ClF6O2. The molecule has 0 unspecified atom stereocenters. The molecule has 0 saturated carbocycles. The van der Waals surface area contributed by atoms with Gasteiger partial charge >= 0.3 is 12.4 Å².